The number of aromatic nitrogens is 1. The third-order valence-electron chi connectivity index (χ3n) is 5.91. The highest BCUT2D eigenvalue weighted by Gasteiger charge is 2.19. The van der Waals surface area contributed by atoms with Gasteiger partial charge in [0.25, 0.3) is 0 Å². The van der Waals surface area contributed by atoms with E-state index in [1.807, 2.05) is 25.1 Å². The van der Waals surface area contributed by atoms with E-state index in [2.05, 4.69) is 4.98 Å². The van der Waals surface area contributed by atoms with Crippen LogP contribution in [-0.2, 0) is 11.2 Å². The second-order valence-corrected chi connectivity index (χ2v) is 8.23. The van der Waals surface area contributed by atoms with Gasteiger partial charge in [-0.25, -0.2) is 9.18 Å². The van der Waals surface area contributed by atoms with E-state index >= 15 is 0 Å². The number of benzene rings is 3. The summed E-state index contributed by atoms with van der Waals surface area (Å²) in [5.74, 6) is 0.171. The maximum absolute atomic E-state index is 13.8. The zero-order valence-electron chi connectivity index (χ0n) is 19.9. The van der Waals surface area contributed by atoms with Gasteiger partial charge in [-0.05, 0) is 65.6 Å². The third-order valence-corrected chi connectivity index (χ3v) is 5.91. The summed E-state index contributed by atoms with van der Waals surface area (Å²) in [6, 6.07) is 15.4. The summed E-state index contributed by atoms with van der Waals surface area (Å²) in [7, 11) is 2.81. The highest BCUT2D eigenvalue weighted by atomic mass is 19.1. The normalized spacial score (nSPS) is 11.9. The summed E-state index contributed by atoms with van der Waals surface area (Å²) < 4.78 is 30.0. The molecule has 1 atom stereocenters. The molecule has 2 N–H and O–H groups in total. The molecule has 182 valence electrons. The zero-order valence-corrected chi connectivity index (χ0v) is 19.9. The Morgan fingerprint density at radius 3 is 2.54 bits per heavy atom. The van der Waals surface area contributed by atoms with Crippen LogP contribution in [0.25, 0.3) is 22.0 Å². The van der Waals surface area contributed by atoms with Gasteiger partial charge in [0.05, 0.1) is 26.9 Å². The first-order valence-corrected chi connectivity index (χ1v) is 11.4. The molecule has 0 saturated carbocycles. The van der Waals surface area contributed by atoms with Crippen LogP contribution in [0.5, 0.6) is 11.5 Å². The molecule has 0 fully saturated rings. The first-order chi connectivity index (χ1) is 16.9. The first-order valence-electron chi connectivity index (χ1n) is 11.4. The van der Waals surface area contributed by atoms with Crippen LogP contribution in [0, 0.1) is 5.82 Å². The summed E-state index contributed by atoms with van der Waals surface area (Å²) in [6.45, 7) is 2.53. The topological polar surface area (TPSA) is 80.8 Å². The summed E-state index contributed by atoms with van der Waals surface area (Å²) in [5, 5.41) is 12.0. The molecule has 1 heterocycles. The first kappa shape index (κ1) is 24.3. The largest absolute Gasteiger partial charge is 0.496 e. The molecule has 0 aliphatic heterocycles. The predicted octanol–water partition coefficient (Wildman–Crippen LogP) is 5.83. The van der Waals surface area contributed by atoms with Crippen LogP contribution in [0.4, 0.5) is 4.39 Å². The van der Waals surface area contributed by atoms with Crippen molar-refractivity contribution in [3.05, 3.63) is 83.3 Å². The molecule has 3 aromatic carbocycles. The van der Waals surface area contributed by atoms with E-state index in [1.54, 1.807) is 30.5 Å². The Balaban J connectivity index is 1.71. The number of hydrogen-bond donors (Lipinski definition) is 2. The summed E-state index contributed by atoms with van der Waals surface area (Å²) in [6.07, 6.45) is 2.01. The number of hydrogen-bond acceptors (Lipinski definition) is 5. The van der Waals surface area contributed by atoms with Gasteiger partial charge < -0.3 is 24.3 Å². The van der Waals surface area contributed by atoms with Crippen LogP contribution in [0.1, 0.15) is 40.9 Å². The van der Waals surface area contributed by atoms with E-state index in [4.69, 9.17) is 14.2 Å². The monoisotopic (exact) mass is 477 g/mol. The van der Waals surface area contributed by atoms with E-state index in [-0.39, 0.29) is 12.2 Å². The van der Waals surface area contributed by atoms with E-state index in [0.29, 0.717) is 29.2 Å². The fraction of sp³-hybridized carbons (Fsp3) is 0.250. The predicted molar refractivity (Wildman–Crippen MR) is 132 cm³/mol. The molecule has 0 bridgehead atoms. The van der Waals surface area contributed by atoms with Crippen molar-refractivity contribution in [1.82, 2.24) is 4.98 Å². The summed E-state index contributed by atoms with van der Waals surface area (Å²) in [4.78, 5) is 15.1. The number of carbonyl (C=O) groups is 1. The molecule has 6 nitrogen and oxygen atoms in total. The summed E-state index contributed by atoms with van der Waals surface area (Å²) >= 11 is 0. The van der Waals surface area contributed by atoms with Gasteiger partial charge in [0, 0.05) is 29.1 Å². The number of ether oxygens (including phenoxy) is 3. The van der Waals surface area contributed by atoms with Crippen LogP contribution in [0.15, 0.2) is 60.8 Å². The number of halogens is 1. The van der Waals surface area contributed by atoms with Gasteiger partial charge in [-0.1, -0.05) is 19.1 Å². The zero-order chi connectivity index (χ0) is 24.9. The quantitative estimate of drug-likeness (QED) is 0.296. The molecular formula is C28H28FNO5. The van der Waals surface area contributed by atoms with Crippen molar-refractivity contribution >= 4 is 16.9 Å². The average Bonchev–Trinajstić information content (AvgIpc) is 3.27. The number of H-pyrrole nitrogens is 1. The number of methoxy groups -OCH3 is 2. The Labute approximate surface area is 203 Å². The SMILES string of the molecule is CCCOc1ccc(-c2ccc(C(=O)OC)c(OC)c2)cc1C(O)Cc1c[nH]c2ccc(F)cc12. The Morgan fingerprint density at radius 1 is 1.03 bits per heavy atom. The van der Waals surface area contributed by atoms with E-state index < -0.39 is 12.1 Å². The van der Waals surface area contributed by atoms with Gasteiger partial charge >= 0.3 is 5.97 Å². The van der Waals surface area contributed by atoms with Crippen molar-refractivity contribution in [2.75, 3.05) is 20.8 Å². The van der Waals surface area contributed by atoms with E-state index in [0.717, 1.165) is 34.0 Å². The molecule has 35 heavy (non-hydrogen) atoms. The van der Waals surface area contributed by atoms with Crippen molar-refractivity contribution in [3.8, 4) is 22.6 Å². The van der Waals surface area contributed by atoms with Gasteiger partial charge in [-0.3, -0.25) is 0 Å². The summed E-state index contributed by atoms with van der Waals surface area (Å²) in [5.41, 5.74) is 4.19. The number of rotatable bonds is 9. The maximum atomic E-state index is 13.8. The molecule has 0 aliphatic rings. The Bertz CT molecular complexity index is 1350. The molecule has 4 rings (SSSR count). The van der Waals surface area contributed by atoms with Gasteiger partial charge in [0.1, 0.15) is 22.9 Å². The lowest BCUT2D eigenvalue weighted by Gasteiger charge is -2.18. The number of aliphatic hydroxyl groups is 1. The van der Waals surface area contributed by atoms with Gasteiger partial charge in [-0.15, -0.1) is 0 Å². The fourth-order valence-corrected chi connectivity index (χ4v) is 4.12. The highest BCUT2D eigenvalue weighted by Crippen LogP contribution is 2.35. The van der Waals surface area contributed by atoms with E-state index in [1.165, 1.54) is 26.4 Å². The van der Waals surface area contributed by atoms with Crippen LogP contribution >= 0.6 is 0 Å². The van der Waals surface area contributed by atoms with Crippen LogP contribution in [0.3, 0.4) is 0 Å². The van der Waals surface area contributed by atoms with Crippen molar-refractivity contribution in [2.24, 2.45) is 0 Å². The molecule has 0 spiro atoms. The van der Waals surface area contributed by atoms with Crippen molar-refractivity contribution in [1.29, 1.82) is 0 Å². The Kier molecular flexibility index (Phi) is 7.36. The van der Waals surface area contributed by atoms with Crippen LogP contribution in [0.2, 0.25) is 0 Å². The van der Waals surface area contributed by atoms with Gasteiger partial charge in [0.2, 0.25) is 0 Å². The van der Waals surface area contributed by atoms with Crippen LogP contribution in [-0.4, -0.2) is 36.9 Å². The Hall–Kier alpha value is -3.84. The van der Waals surface area contributed by atoms with Crippen LogP contribution < -0.4 is 9.47 Å². The van der Waals surface area contributed by atoms with Gasteiger partial charge in [-0.2, -0.15) is 0 Å². The lowest BCUT2D eigenvalue weighted by Crippen LogP contribution is -2.07. The smallest absolute Gasteiger partial charge is 0.341 e. The minimum atomic E-state index is -0.889. The number of carbonyl (C=O) groups excluding carboxylic acids is 1. The number of esters is 1. The number of fused-ring (bicyclic) bond motifs is 1. The minimum Gasteiger partial charge on any atom is -0.496 e. The lowest BCUT2D eigenvalue weighted by molar-refractivity contribution is 0.0597. The number of nitrogens with one attached hydrogen (secondary N) is 1. The maximum Gasteiger partial charge on any atom is 0.341 e. The molecule has 0 radical (unpaired) electrons. The minimum absolute atomic E-state index is 0.278. The second-order valence-electron chi connectivity index (χ2n) is 8.23. The second kappa shape index (κ2) is 10.6. The Morgan fingerprint density at radius 2 is 1.80 bits per heavy atom. The van der Waals surface area contributed by atoms with Crippen molar-refractivity contribution in [2.45, 2.75) is 25.9 Å². The molecule has 7 heteroatoms. The molecular weight excluding hydrogens is 449 g/mol. The van der Waals surface area contributed by atoms with Crippen molar-refractivity contribution < 1.29 is 28.5 Å². The molecule has 4 aromatic rings. The number of aromatic amines is 1. The van der Waals surface area contributed by atoms with Gasteiger partial charge in [0.15, 0.2) is 0 Å². The molecule has 1 unspecified atom stereocenters. The third kappa shape index (κ3) is 5.15. The molecule has 0 amide bonds. The lowest BCUT2D eigenvalue weighted by atomic mass is 9.95. The van der Waals surface area contributed by atoms with Crippen molar-refractivity contribution in [3.63, 3.8) is 0 Å². The average molecular weight is 478 g/mol. The standard InChI is InChI=1S/C28H28FNO5/c1-4-11-35-26-10-6-17(18-5-8-21(28(32)34-3)27(14-18)33-2)12-23(26)25(31)13-19-16-30-24-9-7-20(29)15-22(19)24/h5-10,12,14-16,25,30-31H,4,11,13H2,1-3H3. The molecule has 0 aliphatic carbocycles. The molecule has 1 aromatic heterocycles. The number of aliphatic hydroxyl groups excluding tert-OH is 1. The highest BCUT2D eigenvalue weighted by molar-refractivity contribution is 5.93. The van der Waals surface area contributed by atoms with E-state index in [9.17, 15) is 14.3 Å². The fourth-order valence-electron chi connectivity index (χ4n) is 4.12. The molecule has 0 saturated heterocycles.